The summed E-state index contributed by atoms with van der Waals surface area (Å²) in [5, 5.41) is 5.53. The summed E-state index contributed by atoms with van der Waals surface area (Å²) in [5.74, 6) is 1.65. The SMILES string of the molecule is Cc1noc(C)c1CSc1nc2ccc(Cl)cc2[nH]1. The number of halogens is 1. The zero-order chi connectivity index (χ0) is 13.4. The number of fused-ring (bicyclic) bond motifs is 1. The maximum Gasteiger partial charge on any atom is 0.166 e. The van der Waals surface area contributed by atoms with E-state index in [4.69, 9.17) is 16.1 Å². The van der Waals surface area contributed by atoms with Crippen LogP contribution in [0.4, 0.5) is 0 Å². The number of nitrogens with one attached hydrogen (secondary N) is 1. The highest BCUT2D eigenvalue weighted by Gasteiger charge is 2.11. The van der Waals surface area contributed by atoms with Gasteiger partial charge in [-0.2, -0.15) is 0 Å². The summed E-state index contributed by atoms with van der Waals surface area (Å²) in [5.41, 5.74) is 3.94. The number of benzene rings is 1. The molecule has 0 aliphatic heterocycles. The highest BCUT2D eigenvalue weighted by atomic mass is 35.5. The van der Waals surface area contributed by atoms with E-state index >= 15 is 0 Å². The van der Waals surface area contributed by atoms with Crippen LogP contribution in [0.3, 0.4) is 0 Å². The molecule has 0 saturated heterocycles. The Morgan fingerprint density at radius 1 is 1.37 bits per heavy atom. The number of aryl methyl sites for hydroxylation is 2. The Morgan fingerprint density at radius 2 is 2.21 bits per heavy atom. The van der Waals surface area contributed by atoms with Crippen LogP contribution in [0.15, 0.2) is 27.9 Å². The van der Waals surface area contributed by atoms with Crippen molar-refractivity contribution in [3.63, 3.8) is 0 Å². The van der Waals surface area contributed by atoms with E-state index in [-0.39, 0.29) is 0 Å². The Morgan fingerprint density at radius 3 is 2.95 bits per heavy atom. The molecule has 0 unspecified atom stereocenters. The van der Waals surface area contributed by atoms with Crippen molar-refractivity contribution in [1.82, 2.24) is 15.1 Å². The number of thioether (sulfide) groups is 1. The molecule has 1 aromatic carbocycles. The fraction of sp³-hybridized carbons (Fsp3) is 0.231. The quantitative estimate of drug-likeness (QED) is 0.738. The minimum absolute atomic E-state index is 0.707. The van der Waals surface area contributed by atoms with Gasteiger partial charge in [-0.25, -0.2) is 4.98 Å². The predicted octanol–water partition coefficient (Wildman–Crippen LogP) is 4.11. The van der Waals surface area contributed by atoms with Gasteiger partial charge in [0, 0.05) is 16.3 Å². The third-order valence-corrected chi connectivity index (χ3v) is 4.09. The summed E-state index contributed by atoms with van der Waals surface area (Å²) >= 11 is 7.58. The van der Waals surface area contributed by atoms with Gasteiger partial charge in [0.2, 0.25) is 0 Å². The number of rotatable bonds is 3. The van der Waals surface area contributed by atoms with Crippen molar-refractivity contribution >= 4 is 34.4 Å². The van der Waals surface area contributed by atoms with Crippen LogP contribution in [0.25, 0.3) is 11.0 Å². The van der Waals surface area contributed by atoms with Crippen molar-refractivity contribution in [1.29, 1.82) is 0 Å². The fourth-order valence-corrected chi connectivity index (χ4v) is 3.09. The van der Waals surface area contributed by atoms with Crippen molar-refractivity contribution in [3.8, 4) is 0 Å². The van der Waals surface area contributed by atoms with Crippen LogP contribution in [0, 0.1) is 13.8 Å². The molecule has 0 spiro atoms. The second-order valence-corrected chi connectivity index (χ2v) is 5.70. The molecule has 6 heteroatoms. The molecule has 4 nitrogen and oxygen atoms in total. The van der Waals surface area contributed by atoms with Crippen LogP contribution in [0.5, 0.6) is 0 Å². The maximum absolute atomic E-state index is 5.95. The van der Waals surface area contributed by atoms with E-state index in [1.807, 2.05) is 32.0 Å². The zero-order valence-electron chi connectivity index (χ0n) is 10.5. The molecule has 3 aromatic rings. The second kappa shape index (κ2) is 4.90. The van der Waals surface area contributed by atoms with Gasteiger partial charge in [-0.15, -0.1) is 0 Å². The molecule has 0 atom stereocenters. The van der Waals surface area contributed by atoms with Gasteiger partial charge in [-0.3, -0.25) is 0 Å². The number of nitrogens with zero attached hydrogens (tertiary/aromatic N) is 2. The molecule has 0 aliphatic rings. The highest BCUT2D eigenvalue weighted by Crippen LogP contribution is 2.26. The van der Waals surface area contributed by atoms with Crippen LogP contribution in [0.2, 0.25) is 5.02 Å². The second-order valence-electron chi connectivity index (χ2n) is 4.29. The summed E-state index contributed by atoms with van der Waals surface area (Å²) in [4.78, 5) is 7.76. The Hall–Kier alpha value is -1.46. The van der Waals surface area contributed by atoms with Gasteiger partial charge in [0.25, 0.3) is 0 Å². The van der Waals surface area contributed by atoms with E-state index in [2.05, 4.69) is 15.1 Å². The van der Waals surface area contributed by atoms with E-state index in [1.54, 1.807) is 11.8 Å². The first-order chi connectivity index (χ1) is 9.13. The predicted molar refractivity (Wildman–Crippen MR) is 76.6 cm³/mol. The molecular formula is C13H12ClN3OS. The average molecular weight is 294 g/mol. The van der Waals surface area contributed by atoms with Crippen LogP contribution in [-0.4, -0.2) is 15.1 Å². The topological polar surface area (TPSA) is 54.7 Å². The molecule has 0 radical (unpaired) electrons. The molecule has 2 heterocycles. The molecule has 0 bridgehead atoms. The summed E-state index contributed by atoms with van der Waals surface area (Å²) in [7, 11) is 0. The van der Waals surface area contributed by atoms with E-state index in [0.717, 1.165) is 39.0 Å². The molecule has 3 rings (SSSR count). The normalized spacial score (nSPS) is 11.3. The molecular weight excluding hydrogens is 282 g/mol. The Bertz CT molecular complexity index is 715. The monoisotopic (exact) mass is 293 g/mol. The number of aromatic nitrogens is 3. The van der Waals surface area contributed by atoms with E-state index in [1.165, 1.54) is 0 Å². The Kier molecular flexibility index (Phi) is 3.24. The lowest BCUT2D eigenvalue weighted by atomic mass is 10.2. The van der Waals surface area contributed by atoms with Crippen LogP contribution in [0.1, 0.15) is 17.0 Å². The smallest absolute Gasteiger partial charge is 0.166 e. The van der Waals surface area contributed by atoms with Crippen molar-refractivity contribution in [2.75, 3.05) is 0 Å². The first-order valence-electron chi connectivity index (χ1n) is 5.83. The summed E-state index contributed by atoms with van der Waals surface area (Å²) < 4.78 is 5.15. The number of hydrogen-bond donors (Lipinski definition) is 1. The number of aromatic amines is 1. The summed E-state index contributed by atoms with van der Waals surface area (Å²) in [6, 6.07) is 5.63. The van der Waals surface area contributed by atoms with Gasteiger partial charge in [-0.05, 0) is 32.0 Å². The summed E-state index contributed by atoms with van der Waals surface area (Å²) in [6.45, 7) is 3.87. The standard InChI is InChI=1S/C13H12ClN3OS/c1-7-10(8(2)18-17-7)6-19-13-15-11-4-3-9(14)5-12(11)16-13/h3-5H,6H2,1-2H3,(H,15,16). The maximum atomic E-state index is 5.95. The minimum atomic E-state index is 0.707. The molecule has 2 aromatic heterocycles. The van der Waals surface area contributed by atoms with Crippen molar-refractivity contribution < 1.29 is 4.52 Å². The highest BCUT2D eigenvalue weighted by molar-refractivity contribution is 7.98. The molecule has 0 aliphatic carbocycles. The molecule has 19 heavy (non-hydrogen) atoms. The van der Waals surface area contributed by atoms with Gasteiger partial charge < -0.3 is 9.51 Å². The van der Waals surface area contributed by atoms with Crippen LogP contribution in [-0.2, 0) is 5.75 Å². The first kappa shape index (κ1) is 12.6. The van der Waals surface area contributed by atoms with E-state index in [9.17, 15) is 0 Å². The van der Waals surface area contributed by atoms with Crippen molar-refractivity contribution in [2.45, 2.75) is 24.8 Å². The Balaban J connectivity index is 1.82. The summed E-state index contributed by atoms with van der Waals surface area (Å²) in [6.07, 6.45) is 0. The number of hydrogen-bond acceptors (Lipinski definition) is 4. The lowest BCUT2D eigenvalue weighted by Gasteiger charge is -1.96. The lowest BCUT2D eigenvalue weighted by Crippen LogP contribution is -1.85. The van der Waals surface area contributed by atoms with Crippen molar-refractivity contribution in [2.24, 2.45) is 0 Å². The van der Waals surface area contributed by atoms with Crippen LogP contribution >= 0.6 is 23.4 Å². The van der Waals surface area contributed by atoms with Gasteiger partial charge >= 0.3 is 0 Å². The Labute approximate surface area is 119 Å². The van der Waals surface area contributed by atoms with Gasteiger partial charge in [0.05, 0.1) is 16.7 Å². The van der Waals surface area contributed by atoms with Gasteiger partial charge in [0.15, 0.2) is 5.16 Å². The third-order valence-electron chi connectivity index (χ3n) is 2.96. The van der Waals surface area contributed by atoms with E-state index in [0.29, 0.717) is 5.02 Å². The first-order valence-corrected chi connectivity index (χ1v) is 7.19. The fourth-order valence-electron chi connectivity index (χ4n) is 1.88. The molecule has 0 fully saturated rings. The van der Waals surface area contributed by atoms with E-state index < -0.39 is 0 Å². The zero-order valence-corrected chi connectivity index (χ0v) is 12.1. The minimum Gasteiger partial charge on any atom is -0.361 e. The number of imidazole rings is 1. The molecule has 98 valence electrons. The lowest BCUT2D eigenvalue weighted by molar-refractivity contribution is 0.392. The number of H-pyrrole nitrogens is 1. The van der Waals surface area contributed by atoms with Crippen molar-refractivity contribution in [3.05, 3.63) is 40.2 Å². The van der Waals surface area contributed by atoms with Gasteiger partial charge in [0.1, 0.15) is 5.76 Å². The molecule has 0 saturated carbocycles. The average Bonchev–Trinajstić information content (AvgIpc) is 2.91. The molecule has 1 N–H and O–H groups in total. The third kappa shape index (κ3) is 2.48. The largest absolute Gasteiger partial charge is 0.361 e. The van der Waals surface area contributed by atoms with Gasteiger partial charge in [-0.1, -0.05) is 28.5 Å². The molecule has 0 amide bonds. The van der Waals surface area contributed by atoms with Crippen LogP contribution < -0.4 is 0 Å².